The molecule has 1 rings (SSSR count). The predicted molar refractivity (Wildman–Crippen MR) is 73.8 cm³/mol. The van der Waals surface area contributed by atoms with E-state index in [2.05, 4.69) is 0 Å². The molecule has 0 heterocycles. The van der Waals surface area contributed by atoms with Gasteiger partial charge in [0, 0.05) is 11.3 Å². The zero-order chi connectivity index (χ0) is 12.8. The Labute approximate surface area is 108 Å². The molecule has 0 aliphatic rings. The Kier molecular flexibility index (Phi) is 5.72. The summed E-state index contributed by atoms with van der Waals surface area (Å²) in [5, 5.41) is 0.134. The van der Waals surface area contributed by atoms with Crippen LogP contribution in [0.4, 0.5) is 0 Å². The van der Waals surface area contributed by atoms with E-state index < -0.39 is 0 Å². The summed E-state index contributed by atoms with van der Waals surface area (Å²) in [5.41, 5.74) is 3.05. The van der Waals surface area contributed by atoms with Crippen molar-refractivity contribution in [2.45, 2.75) is 33.8 Å². The summed E-state index contributed by atoms with van der Waals surface area (Å²) in [4.78, 5) is 11.9. The van der Waals surface area contributed by atoms with Gasteiger partial charge >= 0.3 is 0 Å². The molecule has 0 N–H and O–H groups in total. The number of hydrogen-bond acceptors (Lipinski definition) is 3. The second-order valence-electron chi connectivity index (χ2n) is 4.37. The summed E-state index contributed by atoms with van der Waals surface area (Å²) in [6.45, 7) is 8.63. The van der Waals surface area contributed by atoms with E-state index in [4.69, 9.17) is 4.74 Å². The Bertz CT molecular complexity index is 386. The van der Waals surface area contributed by atoms with Crippen LogP contribution >= 0.6 is 11.8 Å². The van der Waals surface area contributed by atoms with Gasteiger partial charge in [-0.3, -0.25) is 4.79 Å². The number of ether oxygens (including phenoxy) is 1. The highest BCUT2D eigenvalue weighted by Crippen LogP contribution is 2.17. The number of carbonyl (C=O) groups is 1. The van der Waals surface area contributed by atoms with Crippen molar-refractivity contribution >= 4 is 16.9 Å². The summed E-state index contributed by atoms with van der Waals surface area (Å²) < 4.78 is 5.40. The van der Waals surface area contributed by atoms with Crippen molar-refractivity contribution in [1.82, 2.24) is 0 Å². The Morgan fingerprint density at radius 1 is 1.35 bits per heavy atom. The number of hydrogen-bond donors (Lipinski definition) is 0. The highest BCUT2D eigenvalue weighted by molar-refractivity contribution is 8.14. The quantitative estimate of drug-likeness (QED) is 0.749. The largest absolute Gasteiger partial charge is 0.378 e. The van der Waals surface area contributed by atoms with Gasteiger partial charge in [-0.2, -0.15) is 0 Å². The van der Waals surface area contributed by atoms with E-state index >= 15 is 0 Å². The van der Waals surface area contributed by atoms with Gasteiger partial charge in [-0.15, -0.1) is 0 Å². The smallest absolute Gasteiger partial charge is 0.219 e. The summed E-state index contributed by atoms with van der Waals surface area (Å²) in [6.07, 6.45) is 0.229. The summed E-state index contributed by atoms with van der Waals surface area (Å²) in [6, 6.07) is 5.92. The van der Waals surface area contributed by atoms with E-state index in [1.165, 1.54) is 17.3 Å². The molecule has 2 nitrogen and oxygen atoms in total. The fraction of sp³-hybridized carbons (Fsp3) is 0.500. The lowest BCUT2D eigenvalue weighted by Crippen LogP contribution is -2.07. The fourth-order valence-corrected chi connectivity index (χ4v) is 2.29. The number of carbonyl (C=O) groups excluding carboxylic acids is 1. The lowest BCUT2D eigenvalue weighted by molar-refractivity contribution is 0.0915. The molecule has 0 spiro atoms. The molecule has 0 amide bonds. The maximum absolute atomic E-state index is 11.9. The molecular weight excluding hydrogens is 232 g/mol. The molecule has 17 heavy (non-hydrogen) atoms. The van der Waals surface area contributed by atoms with E-state index in [1.54, 1.807) is 0 Å². The standard InChI is InChI=1S/C14H20O2S/c1-10(2)16-7-8-17-14(15)13-6-5-11(3)9-12(13)4/h5-6,9-10H,7-8H2,1-4H3. The van der Waals surface area contributed by atoms with Crippen LogP contribution in [0.1, 0.15) is 35.3 Å². The van der Waals surface area contributed by atoms with Gasteiger partial charge in [0.25, 0.3) is 0 Å². The Morgan fingerprint density at radius 2 is 2.06 bits per heavy atom. The molecule has 0 bridgehead atoms. The molecule has 0 saturated carbocycles. The van der Waals surface area contributed by atoms with Crippen molar-refractivity contribution in [1.29, 1.82) is 0 Å². The third-order valence-electron chi connectivity index (χ3n) is 2.37. The Hall–Kier alpha value is -0.800. The normalized spacial score (nSPS) is 10.9. The first kappa shape index (κ1) is 14.3. The van der Waals surface area contributed by atoms with E-state index in [0.717, 1.165) is 11.1 Å². The van der Waals surface area contributed by atoms with Crippen LogP contribution in [0, 0.1) is 13.8 Å². The average Bonchev–Trinajstić information content (AvgIpc) is 2.23. The van der Waals surface area contributed by atoms with Crippen LogP contribution in [0.5, 0.6) is 0 Å². The lowest BCUT2D eigenvalue weighted by atomic mass is 10.1. The van der Waals surface area contributed by atoms with Crippen LogP contribution < -0.4 is 0 Å². The van der Waals surface area contributed by atoms with Crippen LogP contribution in [0.25, 0.3) is 0 Å². The summed E-state index contributed by atoms with van der Waals surface area (Å²) >= 11 is 1.33. The molecule has 0 fully saturated rings. The molecule has 0 unspecified atom stereocenters. The molecule has 0 aromatic heterocycles. The molecule has 0 saturated heterocycles. The number of thioether (sulfide) groups is 1. The molecular formula is C14H20O2S. The van der Waals surface area contributed by atoms with E-state index in [0.29, 0.717) is 12.4 Å². The van der Waals surface area contributed by atoms with Crippen molar-refractivity contribution in [2.75, 3.05) is 12.4 Å². The molecule has 1 aromatic carbocycles. The first-order valence-corrected chi connectivity index (χ1v) is 6.85. The number of rotatable bonds is 5. The van der Waals surface area contributed by atoms with Crippen molar-refractivity contribution in [3.05, 3.63) is 34.9 Å². The van der Waals surface area contributed by atoms with Gasteiger partial charge < -0.3 is 4.74 Å². The molecule has 0 aliphatic carbocycles. The predicted octanol–water partition coefficient (Wildman–Crippen LogP) is 3.60. The van der Waals surface area contributed by atoms with Gasteiger partial charge in [-0.25, -0.2) is 0 Å². The number of aryl methyl sites for hydroxylation is 2. The summed E-state index contributed by atoms with van der Waals surface area (Å²) in [7, 11) is 0. The minimum absolute atomic E-state index is 0.134. The van der Waals surface area contributed by atoms with Crippen LogP contribution in [0.3, 0.4) is 0 Å². The molecule has 3 heteroatoms. The van der Waals surface area contributed by atoms with Gasteiger partial charge in [-0.1, -0.05) is 29.5 Å². The van der Waals surface area contributed by atoms with Crippen LogP contribution in [-0.4, -0.2) is 23.6 Å². The first-order valence-electron chi connectivity index (χ1n) is 5.86. The maximum atomic E-state index is 11.9. The fourth-order valence-electron chi connectivity index (χ4n) is 1.54. The second-order valence-corrected chi connectivity index (χ2v) is 5.44. The molecule has 0 atom stereocenters. The van der Waals surface area contributed by atoms with Gasteiger partial charge in [0.1, 0.15) is 0 Å². The third kappa shape index (κ3) is 4.92. The highest BCUT2D eigenvalue weighted by Gasteiger charge is 2.09. The van der Waals surface area contributed by atoms with Crippen molar-refractivity contribution in [2.24, 2.45) is 0 Å². The molecule has 1 aromatic rings. The number of benzene rings is 1. The zero-order valence-electron chi connectivity index (χ0n) is 10.9. The van der Waals surface area contributed by atoms with Crippen molar-refractivity contribution in [3.63, 3.8) is 0 Å². The van der Waals surface area contributed by atoms with E-state index in [-0.39, 0.29) is 11.2 Å². The average molecular weight is 252 g/mol. The maximum Gasteiger partial charge on any atom is 0.219 e. The third-order valence-corrected chi connectivity index (χ3v) is 3.22. The van der Waals surface area contributed by atoms with E-state index in [1.807, 2.05) is 45.9 Å². The van der Waals surface area contributed by atoms with Crippen molar-refractivity contribution < 1.29 is 9.53 Å². The molecule has 94 valence electrons. The van der Waals surface area contributed by atoms with Crippen LogP contribution in [0.2, 0.25) is 0 Å². The van der Waals surface area contributed by atoms with Gasteiger partial charge in [0.2, 0.25) is 5.12 Å². The molecule has 0 aliphatic heterocycles. The second kappa shape index (κ2) is 6.82. The van der Waals surface area contributed by atoms with Gasteiger partial charge in [0.15, 0.2) is 0 Å². The van der Waals surface area contributed by atoms with Crippen LogP contribution in [0.15, 0.2) is 18.2 Å². The van der Waals surface area contributed by atoms with Crippen molar-refractivity contribution in [3.8, 4) is 0 Å². The molecule has 0 radical (unpaired) electrons. The monoisotopic (exact) mass is 252 g/mol. The topological polar surface area (TPSA) is 26.3 Å². The first-order chi connectivity index (χ1) is 8.00. The lowest BCUT2D eigenvalue weighted by Gasteiger charge is -2.08. The zero-order valence-corrected chi connectivity index (χ0v) is 11.8. The van der Waals surface area contributed by atoms with Gasteiger partial charge in [-0.05, 0) is 39.3 Å². The minimum atomic E-state index is 0.134. The SMILES string of the molecule is Cc1ccc(C(=O)SCCOC(C)C)c(C)c1. The minimum Gasteiger partial charge on any atom is -0.378 e. The van der Waals surface area contributed by atoms with E-state index in [9.17, 15) is 4.79 Å². The Morgan fingerprint density at radius 3 is 2.65 bits per heavy atom. The van der Waals surface area contributed by atoms with Gasteiger partial charge in [0.05, 0.1) is 12.7 Å². The van der Waals surface area contributed by atoms with Crippen LogP contribution in [-0.2, 0) is 4.74 Å². The summed E-state index contributed by atoms with van der Waals surface area (Å²) in [5.74, 6) is 0.713. The highest BCUT2D eigenvalue weighted by atomic mass is 32.2. The Balaban J connectivity index is 2.47.